The molecule has 1 aromatic heterocycles. The average molecular weight is 257 g/mol. The van der Waals surface area contributed by atoms with E-state index in [4.69, 9.17) is 4.74 Å². The first-order valence-electron chi connectivity index (χ1n) is 5.94. The lowest BCUT2D eigenvalue weighted by Gasteiger charge is -2.04. The summed E-state index contributed by atoms with van der Waals surface area (Å²) in [6, 6.07) is 9.55. The van der Waals surface area contributed by atoms with Gasteiger partial charge in [0.05, 0.1) is 6.20 Å². The molecular weight excluding hydrogens is 242 g/mol. The number of amides is 1. The molecule has 0 saturated carbocycles. The van der Waals surface area contributed by atoms with Crippen molar-refractivity contribution in [3.05, 3.63) is 59.9 Å². The molecule has 98 valence electrons. The summed E-state index contributed by atoms with van der Waals surface area (Å²) in [5.74, 6) is 0. The van der Waals surface area contributed by atoms with E-state index in [0.717, 1.165) is 11.1 Å². The van der Waals surface area contributed by atoms with Gasteiger partial charge in [-0.05, 0) is 5.56 Å². The summed E-state index contributed by atoms with van der Waals surface area (Å²) in [4.78, 5) is 11.4. The Morgan fingerprint density at radius 1 is 1.37 bits per heavy atom. The minimum absolute atomic E-state index is 0.276. The van der Waals surface area contributed by atoms with E-state index < -0.39 is 6.09 Å². The molecule has 1 heterocycles. The molecule has 0 saturated heterocycles. The number of H-pyrrole nitrogens is 1. The molecule has 0 bridgehead atoms. The van der Waals surface area contributed by atoms with Crippen molar-refractivity contribution in [2.24, 2.45) is 0 Å². The SMILES string of the molecule is O=C(NCC=Cc1cn[nH]c1)OCc1ccccc1. The Morgan fingerprint density at radius 2 is 2.21 bits per heavy atom. The standard InChI is InChI=1S/C14H15N3O2/c18-14(19-11-12-5-2-1-3-6-12)15-8-4-7-13-9-16-17-10-13/h1-7,9-10H,8,11H2,(H,15,18)(H,16,17). The molecule has 0 radical (unpaired) electrons. The predicted molar refractivity (Wildman–Crippen MR) is 72.3 cm³/mol. The minimum atomic E-state index is -0.430. The van der Waals surface area contributed by atoms with Crippen molar-refractivity contribution in [2.75, 3.05) is 6.54 Å². The number of aromatic nitrogens is 2. The van der Waals surface area contributed by atoms with Crippen LogP contribution in [0, 0.1) is 0 Å². The van der Waals surface area contributed by atoms with Crippen molar-refractivity contribution in [3.8, 4) is 0 Å². The fourth-order valence-electron chi connectivity index (χ4n) is 1.46. The Balaban J connectivity index is 1.65. The topological polar surface area (TPSA) is 67.0 Å². The van der Waals surface area contributed by atoms with Crippen LogP contribution in [0.4, 0.5) is 4.79 Å². The second kappa shape index (κ2) is 7.00. The summed E-state index contributed by atoms with van der Waals surface area (Å²) in [5.41, 5.74) is 1.92. The molecule has 5 nitrogen and oxygen atoms in total. The molecular formula is C14H15N3O2. The van der Waals surface area contributed by atoms with E-state index in [1.807, 2.05) is 42.5 Å². The zero-order chi connectivity index (χ0) is 13.3. The third-order valence-electron chi connectivity index (χ3n) is 2.41. The number of nitrogens with zero attached hydrogens (tertiary/aromatic N) is 1. The van der Waals surface area contributed by atoms with Crippen LogP contribution < -0.4 is 5.32 Å². The molecule has 19 heavy (non-hydrogen) atoms. The van der Waals surface area contributed by atoms with Gasteiger partial charge in [0.25, 0.3) is 0 Å². The predicted octanol–water partition coefficient (Wildman–Crippen LogP) is 2.35. The fourth-order valence-corrected chi connectivity index (χ4v) is 1.46. The van der Waals surface area contributed by atoms with E-state index in [-0.39, 0.29) is 6.61 Å². The second-order valence-electron chi connectivity index (χ2n) is 3.88. The lowest BCUT2D eigenvalue weighted by Crippen LogP contribution is -2.24. The maximum absolute atomic E-state index is 11.4. The quantitative estimate of drug-likeness (QED) is 0.864. The average Bonchev–Trinajstić information content (AvgIpc) is 2.96. The number of nitrogens with one attached hydrogen (secondary N) is 2. The Hall–Kier alpha value is -2.56. The number of rotatable bonds is 5. The summed E-state index contributed by atoms with van der Waals surface area (Å²) < 4.78 is 5.06. The smallest absolute Gasteiger partial charge is 0.407 e. The van der Waals surface area contributed by atoms with Crippen LogP contribution in [0.5, 0.6) is 0 Å². The Morgan fingerprint density at radius 3 is 2.95 bits per heavy atom. The van der Waals surface area contributed by atoms with E-state index in [1.54, 1.807) is 12.4 Å². The molecule has 0 unspecified atom stereocenters. The summed E-state index contributed by atoms with van der Waals surface area (Å²) in [6.07, 6.45) is 6.73. The van der Waals surface area contributed by atoms with E-state index in [1.165, 1.54) is 0 Å². The van der Waals surface area contributed by atoms with Gasteiger partial charge < -0.3 is 10.1 Å². The second-order valence-corrected chi connectivity index (χ2v) is 3.88. The molecule has 0 aliphatic heterocycles. The first-order chi connectivity index (χ1) is 9.34. The zero-order valence-corrected chi connectivity index (χ0v) is 10.4. The third-order valence-corrected chi connectivity index (χ3v) is 2.41. The van der Waals surface area contributed by atoms with Gasteiger partial charge in [-0.2, -0.15) is 5.10 Å². The normalized spacial score (nSPS) is 10.5. The summed E-state index contributed by atoms with van der Waals surface area (Å²) >= 11 is 0. The van der Waals surface area contributed by atoms with Gasteiger partial charge in [-0.25, -0.2) is 4.79 Å². The minimum Gasteiger partial charge on any atom is -0.445 e. The maximum Gasteiger partial charge on any atom is 0.407 e. The first-order valence-corrected chi connectivity index (χ1v) is 5.94. The number of carbonyl (C=O) groups is 1. The van der Waals surface area contributed by atoms with E-state index in [9.17, 15) is 4.79 Å². The van der Waals surface area contributed by atoms with Gasteiger partial charge in [0.2, 0.25) is 0 Å². The molecule has 0 aliphatic rings. The highest BCUT2D eigenvalue weighted by molar-refractivity contribution is 5.67. The number of benzene rings is 1. The molecule has 2 rings (SSSR count). The van der Waals surface area contributed by atoms with Gasteiger partial charge in [0.1, 0.15) is 6.61 Å². The van der Waals surface area contributed by atoms with E-state index >= 15 is 0 Å². The summed E-state index contributed by atoms with van der Waals surface area (Å²) in [5, 5.41) is 9.15. The number of hydrogen-bond donors (Lipinski definition) is 2. The molecule has 2 aromatic rings. The van der Waals surface area contributed by atoms with Crippen molar-refractivity contribution in [3.63, 3.8) is 0 Å². The van der Waals surface area contributed by atoms with Crippen LogP contribution in [-0.4, -0.2) is 22.8 Å². The van der Waals surface area contributed by atoms with Crippen LogP contribution in [0.3, 0.4) is 0 Å². The molecule has 0 atom stereocenters. The van der Waals surface area contributed by atoms with E-state index in [0.29, 0.717) is 6.54 Å². The number of ether oxygens (including phenoxy) is 1. The van der Waals surface area contributed by atoms with Crippen LogP contribution >= 0.6 is 0 Å². The summed E-state index contributed by atoms with van der Waals surface area (Å²) in [6.45, 7) is 0.691. The third kappa shape index (κ3) is 4.67. The molecule has 0 aliphatic carbocycles. The Labute approximate surface area is 111 Å². The van der Waals surface area contributed by atoms with Crippen molar-refractivity contribution < 1.29 is 9.53 Å². The zero-order valence-electron chi connectivity index (χ0n) is 10.4. The van der Waals surface area contributed by atoms with Gasteiger partial charge in [0.15, 0.2) is 0 Å². The number of aromatic amines is 1. The first kappa shape index (κ1) is 12.9. The maximum atomic E-state index is 11.4. The van der Waals surface area contributed by atoms with Crippen LogP contribution in [0.1, 0.15) is 11.1 Å². The number of hydrogen-bond acceptors (Lipinski definition) is 3. The van der Waals surface area contributed by atoms with Crippen molar-refractivity contribution in [2.45, 2.75) is 6.61 Å². The highest BCUT2D eigenvalue weighted by Crippen LogP contribution is 2.00. The van der Waals surface area contributed by atoms with Gasteiger partial charge in [-0.1, -0.05) is 42.5 Å². The highest BCUT2D eigenvalue weighted by Gasteiger charge is 1.99. The van der Waals surface area contributed by atoms with Crippen molar-refractivity contribution >= 4 is 12.2 Å². The highest BCUT2D eigenvalue weighted by atomic mass is 16.5. The van der Waals surface area contributed by atoms with Gasteiger partial charge in [-0.15, -0.1) is 0 Å². The van der Waals surface area contributed by atoms with Crippen LogP contribution in [0.25, 0.3) is 6.08 Å². The molecule has 2 N–H and O–H groups in total. The van der Waals surface area contributed by atoms with Gasteiger partial charge in [-0.3, -0.25) is 5.10 Å². The van der Waals surface area contributed by atoms with E-state index in [2.05, 4.69) is 15.5 Å². The number of carbonyl (C=O) groups excluding carboxylic acids is 1. The molecule has 0 spiro atoms. The van der Waals surface area contributed by atoms with Crippen molar-refractivity contribution in [1.29, 1.82) is 0 Å². The van der Waals surface area contributed by atoms with Crippen LogP contribution in [0.15, 0.2) is 48.8 Å². The Bertz CT molecular complexity index is 521. The molecule has 1 aromatic carbocycles. The Kier molecular flexibility index (Phi) is 4.75. The lowest BCUT2D eigenvalue weighted by atomic mass is 10.2. The molecule has 5 heteroatoms. The van der Waals surface area contributed by atoms with Crippen LogP contribution in [0.2, 0.25) is 0 Å². The van der Waals surface area contributed by atoms with Gasteiger partial charge >= 0.3 is 6.09 Å². The molecule has 0 fully saturated rings. The largest absolute Gasteiger partial charge is 0.445 e. The van der Waals surface area contributed by atoms with Gasteiger partial charge in [0, 0.05) is 18.3 Å². The summed E-state index contributed by atoms with van der Waals surface area (Å²) in [7, 11) is 0. The fraction of sp³-hybridized carbons (Fsp3) is 0.143. The number of alkyl carbamates (subject to hydrolysis) is 1. The monoisotopic (exact) mass is 257 g/mol. The van der Waals surface area contributed by atoms with Crippen LogP contribution in [-0.2, 0) is 11.3 Å². The van der Waals surface area contributed by atoms with Crippen molar-refractivity contribution in [1.82, 2.24) is 15.5 Å². The lowest BCUT2D eigenvalue weighted by molar-refractivity contribution is 0.141. The molecule has 1 amide bonds.